The van der Waals surface area contributed by atoms with E-state index in [9.17, 15) is 4.79 Å². The number of ether oxygens (including phenoxy) is 1. The third-order valence-electron chi connectivity index (χ3n) is 3.91. The highest BCUT2D eigenvalue weighted by Gasteiger charge is 2.34. The third kappa shape index (κ3) is 4.46. The average molecular weight is 290 g/mol. The van der Waals surface area contributed by atoms with Gasteiger partial charge in [-0.25, -0.2) is 4.79 Å². The van der Waals surface area contributed by atoms with Gasteiger partial charge in [-0.2, -0.15) is 0 Å². The molecule has 1 fully saturated rings. The van der Waals surface area contributed by atoms with Crippen molar-refractivity contribution in [1.82, 2.24) is 10.6 Å². The monoisotopic (exact) mass is 290 g/mol. The summed E-state index contributed by atoms with van der Waals surface area (Å²) in [4.78, 5) is 12.0. The van der Waals surface area contributed by atoms with Crippen molar-refractivity contribution in [3.63, 3.8) is 0 Å². The van der Waals surface area contributed by atoms with Gasteiger partial charge in [-0.05, 0) is 39.2 Å². The summed E-state index contributed by atoms with van der Waals surface area (Å²) in [7, 11) is 0. The molecule has 0 radical (unpaired) electrons. The van der Waals surface area contributed by atoms with Crippen LogP contribution in [0, 0.1) is 0 Å². The summed E-state index contributed by atoms with van der Waals surface area (Å²) >= 11 is 0. The summed E-state index contributed by atoms with van der Waals surface area (Å²) in [5, 5.41) is 5.99. The normalized spacial score (nSPS) is 18.0. The lowest BCUT2D eigenvalue weighted by Gasteiger charge is -2.38. The van der Waals surface area contributed by atoms with Gasteiger partial charge in [-0.1, -0.05) is 30.3 Å². The maximum absolute atomic E-state index is 12.0. The van der Waals surface area contributed by atoms with Crippen LogP contribution in [-0.4, -0.2) is 31.3 Å². The molecule has 1 saturated heterocycles. The lowest BCUT2D eigenvalue weighted by molar-refractivity contribution is 0.0506. The van der Waals surface area contributed by atoms with E-state index in [1.54, 1.807) is 0 Å². The minimum Gasteiger partial charge on any atom is -0.381 e. The Balaban J connectivity index is 2.06. The fourth-order valence-electron chi connectivity index (χ4n) is 2.76. The topological polar surface area (TPSA) is 50.4 Å². The molecule has 21 heavy (non-hydrogen) atoms. The first kappa shape index (κ1) is 15.8. The van der Waals surface area contributed by atoms with Gasteiger partial charge in [0.1, 0.15) is 0 Å². The third-order valence-corrected chi connectivity index (χ3v) is 3.91. The predicted octanol–water partition coefficient (Wildman–Crippen LogP) is 2.83. The molecule has 0 saturated carbocycles. The van der Waals surface area contributed by atoms with Crippen LogP contribution in [0.2, 0.25) is 0 Å². The Bertz CT molecular complexity index is 459. The molecule has 4 heteroatoms. The first-order chi connectivity index (χ1) is 9.91. The van der Waals surface area contributed by atoms with Crippen LogP contribution < -0.4 is 10.6 Å². The zero-order chi connectivity index (χ0) is 15.3. The quantitative estimate of drug-likeness (QED) is 0.899. The van der Waals surface area contributed by atoms with Crippen molar-refractivity contribution in [3.8, 4) is 0 Å². The van der Waals surface area contributed by atoms with Crippen LogP contribution in [0.25, 0.3) is 0 Å². The van der Waals surface area contributed by atoms with Crippen LogP contribution in [0.5, 0.6) is 0 Å². The van der Waals surface area contributed by atoms with E-state index < -0.39 is 0 Å². The summed E-state index contributed by atoms with van der Waals surface area (Å²) < 4.78 is 5.51. The van der Waals surface area contributed by atoms with Crippen molar-refractivity contribution in [2.24, 2.45) is 0 Å². The number of nitrogens with one attached hydrogen (secondary N) is 2. The fourth-order valence-corrected chi connectivity index (χ4v) is 2.76. The molecule has 2 N–H and O–H groups in total. The van der Waals surface area contributed by atoms with Crippen LogP contribution >= 0.6 is 0 Å². The van der Waals surface area contributed by atoms with E-state index in [2.05, 4.69) is 34.9 Å². The molecule has 0 atom stereocenters. The molecule has 2 rings (SSSR count). The molecule has 1 aliphatic rings. The Kier molecular flexibility index (Phi) is 4.88. The molecule has 1 aromatic carbocycles. The van der Waals surface area contributed by atoms with Gasteiger partial charge < -0.3 is 15.4 Å². The number of rotatable bonds is 3. The van der Waals surface area contributed by atoms with Gasteiger partial charge in [0, 0.05) is 30.7 Å². The first-order valence-electron chi connectivity index (χ1n) is 7.61. The Morgan fingerprint density at radius 2 is 1.81 bits per heavy atom. The lowest BCUT2D eigenvalue weighted by atomic mass is 9.74. The highest BCUT2D eigenvalue weighted by Crippen LogP contribution is 2.34. The number of carbonyl (C=O) groups excluding carboxylic acids is 1. The van der Waals surface area contributed by atoms with Gasteiger partial charge in [0.15, 0.2) is 0 Å². The lowest BCUT2D eigenvalue weighted by Crippen LogP contribution is -2.51. The van der Waals surface area contributed by atoms with E-state index in [1.165, 1.54) is 5.56 Å². The van der Waals surface area contributed by atoms with E-state index in [4.69, 9.17) is 4.74 Å². The maximum atomic E-state index is 12.0. The molecular formula is C17H26N2O2. The Morgan fingerprint density at radius 3 is 2.38 bits per heavy atom. The summed E-state index contributed by atoms with van der Waals surface area (Å²) in [6, 6.07) is 10.3. The first-order valence-corrected chi connectivity index (χ1v) is 7.61. The number of hydrogen-bond acceptors (Lipinski definition) is 2. The zero-order valence-electron chi connectivity index (χ0n) is 13.2. The summed E-state index contributed by atoms with van der Waals surface area (Å²) in [5.74, 6) is 0. The summed E-state index contributed by atoms with van der Waals surface area (Å²) in [6.07, 6.45) is 1.87. The Labute approximate surface area is 127 Å². The van der Waals surface area contributed by atoms with Gasteiger partial charge in [0.05, 0.1) is 0 Å². The Morgan fingerprint density at radius 1 is 1.19 bits per heavy atom. The molecule has 4 nitrogen and oxygen atoms in total. The van der Waals surface area contributed by atoms with Gasteiger partial charge >= 0.3 is 6.03 Å². The van der Waals surface area contributed by atoms with Crippen molar-refractivity contribution < 1.29 is 9.53 Å². The van der Waals surface area contributed by atoms with Crippen LogP contribution in [0.1, 0.15) is 39.2 Å². The molecule has 0 unspecified atom stereocenters. The SMILES string of the molecule is CC(C)(C)NC(=O)NCC1(c2ccccc2)CCOCC1. The Hall–Kier alpha value is -1.55. The second-order valence-electron chi connectivity index (χ2n) is 6.82. The molecule has 0 bridgehead atoms. The highest BCUT2D eigenvalue weighted by atomic mass is 16.5. The van der Waals surface area contributed by atoms with Gasteiger partial charge in [-0.3, -0.25) is 0 Å². The summed E-state index contributed by atoms with van der Waals surface area (Å²) in [5.41, 5.74) is 1.04. The number of carbonyl (C=O) groups is 1. The highest BCUT2D eigenvalue weighted by molar-refractivity contribution is 5.74. The van der Waals surface area contributed by atoms with Crippen molar-refractivity contribution in [2.45, 2.75) is 44.6 Å². The minimum atomic E-state index is -0.223. The molecule has 116 valence electrons. The molecule has 2 amide bonds. The van der Waals surface area contributed by atoms with E-state index in [1.807, 2.05) is 26.8 Å². The largest absolute Gasteiger partial charge is 0.381 e. The second kappa shape index (κ2) is 6.48. The van der Waals surface area contributed by atoms with E-state index in [0.717, 1.165) is 26.1 Å². The van der Waals surface area contributed by atoms with Crippen LogP contribution in [-0.2, 0) is 10.2 Å². The van der Waals surface area contributed by atoms with Crippen molar-refractivity contribution in [3.05, 3.63) is 35.9 Å². The van der Waals surface area contributed by atoms with Crippen LogP contribution in [0.15, 0.2) is 30.3 Å². The maximum Gasteiger partial charge on any atom is 0.315 e. The van der Waals surface area contributed by atoms with E-state index in [0.29, 0.717) is 6.54 Å². The fraction of sp³-hybridized carbons (Fsp3) is 0.588. The number of benzene rings is 1. The van der Waals surface area contributed by atoms with E-state index >= 15 is 0 Å². The van der Waals surface area contributed by atoms with Crippen molar-refractivity contribution >= 4 is 6.03 Å². The zero-order valence-corrected chi connectivity index (χ0v) is 13.2. The molecule has 1 aromatic rings. The smallest absolute Gasteiger partial charge is 0.315 e. The van der Waals surface area contributed by atoms with Crippen LogP contribution in [0.3, 0.4) is 0 Å². The van der Waals surface area contributed by atoms with Crippen LogP contribution in [0.4, 0.5) is 4.79 Å². The van der Waals surface area contributed by atoms with Gasteiger partial charge in [0.25, 0.3) is 0 Å². The number of amides is 2. The number of urea groups is 1. The van der Waals surface area contributed by atoms with Crippen molar-refractivity contribution in [1.29, 1.82) is 0 Å². The second-order valence-corrected chi connectivity index (χ2v) is 6.82. The minimum absolute atomic E-state index is 0.0191. The molecule has 1 aliphatic heterocycles. The molecule has 1 heterocycles. The van der Waals surface area contributed by atoms with Gasteiger partial charge in [-0.15, -0.1) is 0 Å². The molecule has 0 spiro atoms. The molecular weight excluding hydrogens is 264 g/mol. The van der Waals surface area contributed by atoms with Crippen molar-refractivity contribution in [2.75, 3.05) is 19.8 Å². The average Bonchev–Trinajstić information content (AvgIpc) is 2.45. The number of hydrogen-bond donors (Lipinski definition) is 2. The standard InChI is InChI=1S/C17H26N2O2/c1-16(2,3)19-15(20)18-13-17(9-11-21-12-10-17)14-7-5-4-6-8-14/h4-8H,9-13H2,1-3H3,(H2,18,19,20). The molecule has 0 aliphatic carbocycles. The molecule has 0 aromatic heterocycles. The van der Waals surface area contributed by atoms with E-state index in [-0.39, 0.29) is 17.0 Å². The summed E-state index contributed by atoms with van der Waals surface area (Å²) in [6.45, 7) is 8.08. The van der Waals surface area contributed by atoms with Gasteiger partial charge in [0.2, 0.25) is 0 Å². The predicted molar refractivity (Wildman–Crippen MR) is 84.5 cm³/mol.